The second-order valence-corrected chi connectivity index (χ2v) is 11.9. The van der Waals surface area contributed by atoms with Crippen LogP contribution >= 0.6 is 0 Å². The number of carbonyl (C=O) groups excluding carboxylic acids is 1. The first-order valence-corrected chi connectivity index (χ1v) is 14.7. The van der Waals surface area contributed by atoms with Gasteiger partial charge >= 0.3 is 6.09 Å². The molecule has 0 unspecified atom stereocenters. The SMILES string of the molecule is CCC[C@H](C)Nc1nc(N)c2ncc(Cc3cnc(N4CCN(CCCNC(=O)OC(C)(C)C)CC4)c(C)c3)n2n1. The predicted octanol–water partition coefficient (Wildman–Crippen LogP) is 3.64. The minimum absolute atomic E-state index is 0.256. The number of aromatic nitrogens is 5. The number of aryl methyl sites for hydroxylation is 1. The van der Waals surface area contributed by atoms with Gasteiger partial charge in [0.25, 0.3) is 0 Å². The summed E-state index contributed by atoms with van der Waals surface area (Å²) in [6, 6.07) is 2.45. The number of nitrogens with two attached hydrogens (primary N) is 1. The fraction of sp³-hybridized carbons (Fsp3) is 0.621. The number of piperazine rings is 1. The van der Waals surface area contributed by atoms with Crippen LogP contribution < -0.4 is 21.3 Å². The number of nitrogen functional groups attached to an aromatic ring is 1. The molecule has 1 aliphatic rings. The van der Waals surface area contributed by atoms with Crippen LogP contribution in [0.3, 0.4) is 0 Å². The Morgan fingerprint density at radius 1 is 1.17 bits per heavy atom. The largest absolute Gasteiger partial charge is 0.444 e. The van der Waals surface area contributed by atoms with Gasteiger partial charge in [-0.1, -0.05) is 19.4 Å². The van der Waals surface area contributed by atoms with Crippen molar-refractivity contribution >= 4 is 29.3 Å². The van der Waals surface area contributed by atoms with Gasteiger partial charge in [0.2, 0.25) is 5.95 Å². The lowest BCUT2D eigenvalue weighted by Gasteiger charge is -2.36. The van der Waals surface area contributed by atoms with E-state index in [1.54, 1.807) is 4.52 Å². The molecule has 0 bridgehead atoms. The number of amides is 1. The van der Waals surface area contributed by atoms with Crippen molar-refractivity contribution < 1.29 is 9.53 Å². The van der Waals surface area contributed by atoms with E-state index in [1.807, 2.05) is 33.2 Å². The van der Waals surface area contributed by atoms with Crippen LogP contribution in [-0.4, -0.2) is 86.5 Å². The second-order valence-electron chi connectivity index (χ2n) is 11.9. The molecule has 0 spiro atoms. The number of fused-ring (bicyclic) bond motifs is 1. The van der Waals surface area contributed by atoms with Gasteiger partial charge in [-0.25, -0.2) is 19.3 Å². The first-order chi connectivity index (χ1) is 19.5. The highest BCUT2D eigenvalue weighted by Crippen LogP contribution is 2.22. The molecule has 3 aromatic heterocycles. The molecule has 4 N–H and O–H groups in total. The molecule has 0 aromatic carbocycles. The van der Waals surface area contributed by atoms with E-state index in [2.05, 4.69) is 62.3 Å². The highest BCUT2D eigenvalue weighted by atomic mass is 16.6. The van der Waals surface area contributed by atoms with Gasteiger partial charge < -0.3 is 26.0 Å². The zero-order valence-electron chi connectivity index (χ0n) is 25.4. The van der Waals surface area contributed by atoms with Crippen LogP contribution in [-0.2, 0) is 11.2 Å². The Labute approximate surface area is 243 Å². The Kier molecular flexibility index (Phi) is 9.85. The number of hydrogen-bond donors (Lipinski definition) is 3. The minimum atomic E-state index is -0.476. The molecule has 4 rings (SSSR count). The zero-order chi connectivity index (χ0) is 29.6. The van der Waals surface area contributed by atoms with Crippen LogP contribution in [0.4, 0.5) is 22.4 Å². The van der Waals surface area contributed by atoms with Crippen molar-refractivity contribution in [1.82, 2.24) is 34.8 Å². The predicted molar refractivity (Wildman–Crippen MR) is 162 cm³/mol. The maximum atomic E-state index is 11.8. The molecule has 0 saturated carbocycles. The number of imidazole rings is 1. The Bertz CT molecular complexity index is 1310. The lowest BCUT2D eigenvalue weighted by molar-refractivity contribution is 0.0525. The summed E-state index contributed by atoms with van der Waals surface area (Å²) < 4.78 is 7.08. The van der Waals surface area contributed by atoms with E-state index in [1.165, 1.54) is 0 Å². The first kappa shape index (κ1) is 30.3. The molecule has 0 aliphatic carbocycles. The smallest absolute Gasteiger partial charge is 0.407 e. The van der Waals surface area contributed by atoms with Crippen molar-refractivity contribution in [1.29, 1.82) is 0 Å². The number of hydrogen-bond acceptors (Lipinski definition) is 10. The van der Waals surface area contributed by atoms with Crippen molar-refractivity contribution in [3.63, 3.8) is 0 Å². The van der Waals surface area contributed by atoms with E-state index in [0.29, 0.717) is 30.4 Å². The molecule has 1 atom stereocenters. The van der Waals surface area contributed by atoms with Crippen LogP contribution in [0.15, 0.2) is 18.5 Å². The van der Waals surface area contributed by atoms with Gasteiger partial charge in [-0.15, -0.1) is 5.10 Å². The number of nitrogens with zero attached hydrogens (tertiary/aromatic N) is 7. The highest BCUT2D eigenvalue weighted by molar-refractivity contribution is 5.67. The van der Waals surface area contributed by atoms with E-state index in [0.717, 1.165) is 74.6 Å². The summed E-state index contributed by atoms with van der Waals surface area (Å²) in [7, 11) is 0. The van der Waals surface area contributed by atoms with Crippen molar-refractivity contribution in [2.45, 2.75) is 78.9 Å². The summed E-state index contributed by atoms with van der Waals surface area (Å²) in [4.78, 5) is 30.3. The number of ether oxygens (including phenoxy) is 1. The number of rotatable bonds is 11. The van der Waals surface area contributed by atoms with E-state index in [9.17, 15) is 4.79 Å². The minimum Gasteiger partial charge on any atom is -0.444 e. The highest BCUT2D eigenvalue weighted by Gasteiger charge is 2.20. The third kappa shape index (κ3) is 8.42. The molecule has 12 nitrogen and oxygen atoms in total. The van der Waals surface area contributed by atoms with E-state index < -0.39 is 5.60 Å². The first-order valence-electron chi connectivity index (χ1n) is 14.7. The van der Waals surface area contributed by atoms with Crippen LogP contribution in [0.5, 0.6) is 0 Å². The van der Waals surface area contributed by atoms with Crippen LogP contribution in [0.2, 0.25) is 0 Å². The Hall–Kier alpha value is -3.67. The molecule has 3 aromatic rings. The van der Waals surface area contributed by atoms with Crippen molar-refractivity contribution in [2.75, 3.05) is 55.2 Å². The Morgan fingerprint density at radius 3 is 2.61 bits per heavy atom. The summed E-state index contributed by atoms with van der Waals surface area (Å²) in [5, 5.41) is 10.9. The summed E-state index contributed by atoms with van der Waals surface area (Å²) >= 11 is 0. The Morgan fingerprint density at radius 2 is 1.93 bits per heavy atom. The van der Waals surface area contributed by atoms with Gasteiger partial charge in [0.15, 0.2) is 11.5 Å². The quantitative estimate of drug-likeness (QED) is 0.295. The standard InChI is InChI=1S/C29H46N10O2/c1-7-9-21(3)34-27-35-24(30)26-33-19-23(39(26)36-27)17-22-16-20(2)25(32-18-22)38-14-12-37(13-15-38)11-8-10-31-28(40)41-29(4,5)6/h16,18-19,21H,7-15,17H2,1-6H3,(H,31,40)(H3,30,34,35,36)/t21-/m0/s1. The summed E-state index contributed by atoms with van der Waals surface area (Å²) in [5.74, 6) is 1.90. The van der Waals surface area contributed by atoms with Crippen LogP contribution in [0.1, 0.15) is 70.7 Å². The molecular formula is C29H46N10O2. The molecule has 1 aliphatic heterocycles. The molecule has 0 radical (unpaired) electrons. The number of carbonyl (C=O) groups is 1. The van der Waals surface area contributed by atoms with Gasteiger partial charge in [-0.2, -0.15) is 4.98 Å². The number of nitrogens with one attached hydrogen (secondary N) is 2. The van der Waals surface area contributed by atoms with Gasteiger partial charge in [-0.3, -0.25) is 4.90 Å². The van der Waals surface area contributed by atoms with Crippen molar-refractivity contribution in [3.05, 3.63) is 35.3 Å². The average molecular weight is 567 g/mol. The molecular weight excluding hydrogens is 520 g/mol. The van der Waals surface area contributed by atoms with Crippen molar-refractivity contribution in [2.24, 2.45) is 0 Å². The molecule has 41 heavy (non-hydrogen) atoms. The summed E-state index contributed by atoms with van der Waals surface area (Å²) in [5.41, 5.74) is 9.46. The monoisotopic (exact) mass is 566 g/mol. The molecule has 1 saturated heterocycles. The number of pyridine rings is 1. The maximum Gasteiger partial charge on any atom is 0.407 e. The fourth-order valence-corrected chi connectivity index (χ4v) is 5.11. The Balaban J connectivity index is 1.30. The molecule has 12 heteroatoms. The topological polar surface area (TPSA) is 139 Å². The number of anilines is 3. The molecule has 224 valence electrons. The summed E-state index contributed by atoms with van der Waals surface area (Å²) in [6.45, 7) is 17.3. The zero-order valence-corrected chi connectivity index (χ0v) is 25.4. The average Bonchev–Trinajstić information content (AvgIpc) is 3.29. The normalized spacial score (nSPS) is 15.2. The van der Waals surface area contributed by atoms with Crippen molar-refractivity contribution in [3.8, 4) is 0 Å². The van der Waals surface area contributed by atoms with Gasteiger partial charge in [0.1, 0.15) is 11.4 Å². The lowest BCUT2D eigenvalue weighted by Crippen LogP contribution is -2.47. The second kappa shape index (κ2) is 13.3. The van der Waals surface area contributed by atoms with Crippen LogP contribution in [0, 0.1) is 6.92 Å². The fourth-order valence-electron chi connectivity index (χ4n) is 5.11. The summed E-state index contributed by atoms with van der Waals surface area (Å²) in [6.07, 6.45) is 7.04. The maximum absolute atomic E-state index is 11.8. The third-order valence-corrected chi connectivity index (χ3v) is 7.04. The van der Waals surface area contributed by atoms with Gasteiger partial charge in [0.05, 0.1) is 11.9 Å². The van der Waals surface area contributed by atoms with Gasteiger partial charge in [0, 0.05) is 51.4 Å². The third-order valence-electron chi connectivity index (χ3n) is 7.04. The van der Waals surface area contributed by atoms with E-state index >= 15 is 0 Å². The van der Waals surface area contributed by atoms with Crippen LogP contribution in [0.25, 0.3) is 5.65 Å². The van der Waals surface area contributed by atoms with Gasteiger partial charge in [-0.05, 0) is 65.1 Å². The molecule has 1 fully saturated rings. The molecule has 4 heterocycles. The lowest BCUT2D eigenvalue weighted by atomic mass is 10.1. The number of alkyl carbamates (subject to hydrolysis) is 1. The molecule has 1 amide bonds. The van der Waals surface area contributed by atoms with E-state index in [-0.39, 0.29) is 12.1 Å². The van der Waals surface area contributed by atoms with E-state index in [4.69, 9.17) is 15.5 Å².